The van der Waals surface area contributed by atoms with Crippen LogP contribution >= 0.6 is 11.7 Å². The smallest absolute Gasteiger partial charge is 0.408 e. The van der Waals surface area contributed by atoms with E-state index < -0.39 is 15.8 Å². The van der Waals surface area contributed by atoms with E-state index in [9.17, 15) is 13.2 Å². The zero-order chi connectivity index (χ0) is 17.6. The van der Waals surface area contributed by atoms with E-state index in [1.807, 2.05) is 4.90 Å². The molecule has 0 spiro atoms. The molecule has 9 nitrogen and oxygen atoms in total. The van der Waals surface area contributed by atoms with Gasteiger partial charge >= 0.3 is 5.76 Å². The van der Waals surface area contributed by atoms with Crippen LogP contribution in [0.4, 0.5) is 5.82 Å². The Morgan fingerprint density at radius 3 is 2.64 bits per heavy atom. The van der Waals surface area contributed by atoms with Gasteiger partial charge in [0.05, 0.1) is 28.3 Å². The number of benzene rings is 1. The van der Waals surface area contributed by atoms with Gasteiger partial charge in [0.25, 0.3) is 0 Å². The Bertz CT molecular complexity index is 1060. The summed E-state index contributed by atoms with van der Waals surface area (Å²) in [6.07, 6.45) is 1.68. The molecule has 2 aromatic heterocycles. The summed E-state index contributed by atoms with van der Waals surface area (Å²) in [5.74, 6) is 0.256. The van der Waals surface area contributed by atoms with Gasteiger partial charge in [-0.25, -0.2) is 13.2 Å². The van der Waals surface area contributed by atoms with Crippen LogP contribution in [-0.2, 0) is 17.1 Å². The molecule has 1 aliphatic heterocycles. The van der Waals surface area contributed by atoms with Crippen LogP contribution in [0.5, 0.6) is 0 Å². The average Bonchev–Trinajstić information content (AvgIpc) is 3.24. The molecule has 3 aromatic rings. The van der Waals surface area contributed by atoms with E-state index in [-0.39, 0.29) is 4.90 Å². The third-order valence-electron chi connectivity index (χ3n) is 4.31. The zero-order valence-electron chi connectivity index (χ0n) is 13.3. The minimum absolute atomic E-state index is 0.153. The average molecular weight is 381 g/mol. The summed E-state index contributed by atoms with van der Waals surface area (Å²) in [6, 6.07) is 4.46. The number of piperazine rings is 1. The van der Waals surface area contributed by atoms with E-state index in [2.05, 4.69) is 8.75 Å². The van der Waals surface area contributed by atoms with Gasteiger partial charge < -0.3 is 9.32 Å². The topological polar surface area (TPSA) is 102 Å². The van der Waals surface area contributed by atoms with Crippen molar-refractivity contribution >= 4 is 38.7 Å². The first-order valence-electron chi connectivity index (χ1n) is 7.59. The predicted octanol–water partition coefficient (Wildman–Crippen LogP) is 0.494. The largest absolute Gasteiger partial charge is 0.419 e. The van der Waals surface area contributed by atoms with Crippen molar-refractivity contribution in [1.82, 2.24) is 17.6 Å². The number of rotatable bonds is 3. The number of aryl methyl sites for hydroxylation is 1. The fourth-order valence-electron chi connectivity index (χ4n) is 2.87. The van der Waals surface area contributed by atoms with Gasteiger partial charge in [-0.2, -0.15) is 13.1 Å². The maximum atomic E-state index is 12.9. The molecule has 0 atom stereocenters. The first kappa shape index (κ1) is 16.2. The number of fused-ring (bicyclic) bond motifs is 1. The van der Waals surface area contributed by atoms with Crippen molar-refractivity contribution in [3.05, 3.63) is 34.9 Å². The van der Waals surface area contributed by atoms with Crippen LogP contribution in [-0.4, -0.2) is 52.2 Å². The van der Waals surface area contributed by atoms with Crippen LogP contribution < -0.4 is 10.7 Å². The highest BCUT2D eigenvalue weighted by molar-refractivity contribution is 7.89. The summed E-state index contributed by atoms with van der Waals surface area (Å²) in [7, 11) is -2.09. The first-order valence-corrected chi connectivity index (χ1v) is 9.76. The van der Waals surface area contributed by atoms with Gasteiger partial charge in [0.1, 0.15) is 0 Å². The second-order valence-corrected chi connectivity index (χ2v) is 8.21. The summed E-state index contributed by atoms with van der Waals surface area (Å²) >= 11 is 1.13. The number of anilines is 1. The van der Waals surface area contributed by atoms with Crippen LogP contribution in [0.2, 0.25) is 0 Å². The number of oxazole rings is 1. The molecule has 1 aromatic carbocycles. The molecule has 1 fully saturated rings. The fourth-order valence-corrected chi connectivity index (χ4v) is 4.75. The Morgan fingerprint density at radius 1 is 1.20 bits per heavy atom. The molecule has 3 heterocycles. The third-order valence-corrected chi connectivity index (χ3v) is 6.68. The highest BCUT2D eigenvalue weighted by Gasteiger charge is 2.29. The standard InChI is InChI=1S/C14H15N5O4S2/c1-17-11-8-10(2-3-12(11)23-14(17)20)25(21,22)19-6-4-18(5-7-19)13-9-15-24-16-13/h2-3,8-9H,4-7H2,1H3. The molecule has 0 N–H and O–H groups in total. The molecule has 1 aliphatic rings. The molecular weight excluding hydrogens is 366 g/mol. The van der Waals surface area contributed by atoms with Crippen molar-refractivity contribution in [2.45, 2.75) is 4.90 Å². The van der Waals surface area contributed by atoms with Crippen LogP contribution in [0.15, 0.2) is 38.5 Å². The van der Waals surface area contributed by atoms with Gasteiger partial charge in [0.2, 0.25) is 10.0 Å². The van der Waals surface area contributed by atoms with E-state index in [4.69, 9.17) is 4.42 Å². The van der Waals surface area contributed by atoms with E-state index >= 15 is 0 Å². The Labute approximate surface area is 147 Å². The fraction of sp³-hybridized carbons (Fsp3) is 0.357. The Hall–Kier alpha value is -2.24. The summed E-state index contributed by atoms with van der Waals surface area (Å²) in [4.78, 5) is 13.7. The quantitative estimate of drug-likeness (QED) is 0.651. The molecule has 1 saturated heterocycles. The maximum Gasteiger partial charge on any atom is 0.419 e. The minimum Gasteiger partial charge on any atom is -0.408 e. The summed E-state index contributed by atoms with van der Waals surface area (Å²) in [5.41, 5.74) is 0.825. The number of aromatic nitrogens is 3. The van der Waals surface area contributed by atoms with Gasteiger partial charge in [-0.1, -0.05) is 0 Å². The molecule has 0 unspecified atom stereocenters. The molecule has 0 bridgehead atoms. The summed E-state index contributed by atoms with van der Waals surface area (Å²) < 4.78 is 41.7. The van der Waals surface area contributed by atoms with Gasteiger partial charge in [-0.3, -0.25) is 4.57 Å². The van der Waals surface area contributed by atoms with Crippen molar-refractivity contribution in [2.24, 2.45) is 7.05 Å². The van der Waals surface area contributed by atoms with E-state index in [1.54, 1.807) is 13.2 Å². The number of hydrogen-bond donors (Lipinski definition) is 0. The summed E-state index contributed by atoms with van der Waals surface area (Å²) in [5, 5.41) is 0. The SMILES string of the molecule is Cn1c(=O)oc2ccc(S(=O)(=O)N3CCN(c4cnsn4)CC3)cc21. The van der Waals surface area contributed by atoms with Crippen molar-refractivity contribution < 1.29 is 12.8 Å². The normalized spacial score (nSPS) is 16.6. The molecule has 4 rings (SSSR count). The van der Waals surface area contributed by atoms with Crippen molar-refractivity contribution in [3.8, 4) is 0 Å². The molecular formula is C14H15N5O4S2. The van der Waals surface area contributed by atoms with Gasteiger partial charge in [0, 0.05) is 33.2 Å². The lowest BCUT2D eigenvalue weighted by atomic mass is 10.3. The lowest BCUT2D eigenvalue weighted by molar-refractivity contribution is 0.384. The second kappa shape index (κ2) is 5.93. The van der Waals surface area contributed by atoms with Crippen LogP contribution in [0.1, 0.15) is 0 Å². The Morgan fingerprint density at radius 2 is 1.96 bits per heavy atom. The van der Waals surface area contributed by atoms with Crippen LogP contribution in [0.25, 0.3) is 11.1 Å². The Kier molecular flexibility index (Phi) is 3.85. The van der Waals surface area contributed by atoms with Crippen LogP contribution in [0, 0.1) is 0 Å². The van der Waals surface area contributed by atoms with Crippen molar-refractivity contribution in [1.29, 1.82) is 0 Å². The van der Waals surface area contributed by atoms with Crippen molar-refractivity contribution in [3.63, 3.8) is 0 Å². The van der Waals surface area contributed by atoms with E-state index in [0.29, 0.717) is 37.3 Å². The highest BCUT2D eigenvalue weighted by Crippen LogP contribution is 2.23. The number of hydrogen-bond acceptors (Lipinski definition) is 8. The first-order chi connectivity index (χ1) is 12.0. The maximum absolute atomic E-state index is 12.9. The molecule has 0 saturated carbocycles. The predicted molar refractivity (Wildman–Crippen MR) is 92.3 cm³/mol. The zero-order valence-corrected chi connectivity index (χ0v) is 15.0. The van der Waals surface area contributed by atoms with Gasteiger partial charge in [-0.15, -0.1) is 0 Å². The lowest BCUT2D eigenvalue weighted by Gasteiger charge is -2.33. The van der Waals surface area contributed by atoms with Gasteiger partial charge in [-0.05, 0) is 18.2 Å². The van der Waals surface area contributed by atoms with Crippen molar-refractivity contribution in [2.75, 3.05) is 31.1 Å². The molecule has 0 radical (unpaired) electrons. The molecule has 11 heteroatoms. The molecule has 0 aliphatic carbocycles. The lowest BCUT2D eigenvalue weighted by Crippen LogP contribution is -2.48. The minimum atomic E-state index is -3.64. The number of sulfonamides is 1. The summed E-state index contributed by atoms with van der Waals surface area (Å²) in [6.45, 7) is 1.83. The molecule has 25 heavy (non-hydrogen) atoms. The number of nitrogens with zero attached hydrogens (tertiary/aromatic N) is 5. The molecule has 132 valence electrons. The third kappa shape index (κ3) is 2.73. The Balaban J connectivity index is 1.60. The van der Waals surface area contributed by atoms with E-state index in [1.165, 1.54) is 27.1 Å². The monoisotopic (exact) mass is 381 g/mol. The highest BCUT2D eigenvalue weighted by atomic mass is 32.2. The van der Waals surface area contributed by atoms with E-state index in [0.717, 1.165) is 17.5 Å². The van der Waals surface area contributed by atoms with Gasteiger partial charge in [0.15, 0.2) is 11.4 Å². The van der Waals surface area contributed by atoms with Crippen LogP contribution in [0.3, 0.4) is 0 Å². The molecule has 0 amide bonds. The second-order valence-electron chi connectivity index (χ2n) is 5.71.